The predicted molar refractivity (Wildman–Crippen MR) is 104 cm³/mol. The van der Waals surface area contributed by atoms with E-state index in [-0.39, 0.29) is 34.8 Å². The fourth-order valence-electron chi connectivity index (χ4n) is 2.97. The van der Waals surface area contributed by atoms with Crippen molar-refractivity contribution in [2.75, 3.05) is 20.2 Å². The number of rotatable bonds is 4. The standard InChI is InChI=1S/C19H20ClN5O3/c1-4-18(26)25-8-16(28-9-11(25)2)12-5-14(24-17(20)6-12)13-7-15(19(27)21-3)23-10-22-13/h4-7,10-11,16H,1,8-9H2,2-3H3,(H,21,27)/t11-,16-/m0/s1. The predicted octanol–water partition coefficient (Wildman–Crippen LogP) is 2.03. The number of hydrogen-bond acceptors (Lipinski definition) is 6. The average Bonchev–Trinajstić information content (AvgIpc) is 2.72. The minimum Gasteiger partial charge on any atom is -0.370 e. The van der Waals surface area contributed by atoms with Crippen LogP contribution >= 0.6 is 11.6 Å². The minimum absolute atomic E-state index is 0.0458. The highest BCUT2D eigenvalue weighted by atomic mass is 35.5. The first kappa shape index (κ1) is 19.9. The van der Waals surface area contributed by atoms with Crippen LogP contribution in [0.5, 0.6) is 0 Å². The van der Waals surface area contributed by atoms with E-state index in [9.17, 15) is 9.59 Å². The number of halogens is 1. The van der Waals surface area contributed by atoms with Gasteiger partial charge in [0, 0.05) is 7.05 Å². The maximum absolute atomic E-state index is 12.1. The molecule has 0 bridgehead atoms. The van der Waals surface area contributed by atoms with Crippen molar-refractivity contribution < 1.29 is 14.3 Å². The highest BCUT2D eigenvalue weighted by Gasteiger charge is 2.30. The summed E-state index contributed by atoms with van der Waals surface area (Å²) in [4.78, 5) is 38.1. The topological polar surface area (TPSA) is 97.3 Å². The van der Waals surface area contributed by atoms with Crippen LogP contribution in [0, 0.1) is 0 Å². The molecule has 0 spiro atoms. The van der Waals surface area contributed by atoms with E-state index >= 15 is 0 Å². The molecule has 0 unspecified atom stereocenters. The van der Waals surface area contributed by atoms with Crippen molar-refractivity contribution in [1.82, 2.24) is 25.2 Å². The molecule has 3 rings (SSSR count). The van der Waals surface area contributed by atoms with Gasteiger partial charge in [0.2, 0.25) is 5.91 Å². The average molecular weight is 402 g/mol. The largest absolute Gasteiger partial charge is 0.370 e. The lowest BCUT2D eigenvalue weighted by Gasteiger charge is -2.37. The normalized spacial score (nSPS) is 19.2. The molecule has 0 aromatic carbocycles. The van der Waals surface area contributed by atoms with Gasteiger partial charge in [-0.3, -0.25) is 9.59 Å². The zero-order chi connectivity index (χ0) is 20.3. The third kappa shape index (κ3) is 4.18. The van der Waals surface area contributed by atoms with Gasteiger partial charge in [-0.1, -0.05) is 18.2 Å². The molecular weight excluding hydrogens is 382 g/mol. The van der Waals surface area contributed by atoms with Crippen molar-refractivity contribution in [2.24, 2.45) is 0 Å². The van der Waals surface area contributed by atoms with E-state index in [1.165, 1.54) is 19.5 Å². The van der Waals surface area contributed by atoms with Gasteiger partial charge >= 0.3 is 0 Å². The molecule has 1 fully saturated rings. The summed E-state index contributed by atoms with van der Waals surface area (Å²) >= 11 is 6.22. The Labute approximate surface area is 167 Å². The fourth-order valence-corrected chi connectivity index (χ4v) is 3.18. The van der Waals surface area contributed by atoms with Gasteiger partial charge in [0.25, 0.3) is 5.91 Å². The van der Waals surface area contributed by atoms with Crippen molar-refractivity contribution >= 4 is 23.4 Å². The first-order chi connectivity index (χ1) is 13.4. The number of carbonyl (C=O) groups excluding carboxylic acids is 2. The van der Waals surface area contributed by atoms with Crippen LogP contribution in [-0.2, 0) is 9.53 Å². The molecule has 1 N–H and O–H groups in total. The maximum Gasteiger partial charge on any atom is 0.269 e. The summed E-state index contributed by atoms with van der Waals surface area (Å²) in [6.45, 7) is 6.25. The Bertz CT molecular complexity index is 920. The molecule has 146 valence electrons. The van der Waals surface area contributed by atoms with E-state index in [1.54, 1.807) is 23.1 Å². The third-order valence-corrected chi connectivity index (χ3v) is 4.66. The van der Waals surface area contributed by atoms with E-state index < -0.39 is 0 Å². The zero-order valence-electron chi connectivity index (χ0n) is 15.6. The summed E-state index contributed by atoms with van der Waals surface area (Å²) in [6.07, 6.45) is 2.23. The molecule has 8 nitrogen and oxygen atoms in total. The fraction of sp³-hybridized carbons (Fsp3) is 0.316. The summed E-state index contributed by atoms with van der Waals surface area (Å²) in [6, 6.07) is 4.98. The highest BCUT2D eigenvalue weighted by Crippen LogP contribution is 2.29. The monoisotopic (exact) mass is 401 g/mol. The van der Waals surface area contributed by atoms with Crippen molar-refractivity contribution in [3.63, 3.8) is 0 Å². The molecule has 2 atom stereocenters. The lowest BCUT2D eigenvalue weighted by atomic mass is 10.0. The van der Waals surface area contributed by atoms with Crippen LogP contribution in [0.3, 0.4) is 0 Å². The number of nitrogens with one attached hydrogen (secondary N) is 1. The molecule has 0 radical (unpaired) electrons. The molecule has 2 amide bonds. The second kappa shape index (κ2) is 8.45. The highest BCUT2D eigenvalue weighted by molar-refractivity contribution is 6.29. The van der Waals surface area contributed by atoms with E-state index in [2.05, 4.69) is 26.8 Å². The number of amides is 2. The van der Waals surface area contributed by atoms with Gasteiger partial charge in [0.1, 0.15) is 23.3 Å². The van der Waals surface area contributed by atoms with E-state index in [1.807, 2.05) is 6.92 Å². The summed E-state index contributed by atoms with van der Waals surface area (Å²) < 4.78 is 5.91. The quantitative estimate of drug-likeness (QED) is 0.621. The molecule has 9 heteroatoms. The molecule has 2 aromatic heterocycles. The van der Waals surface area contributed by atoms with Crippen LogP contribution in [0.15, 0.2) is 37.2 Å². The van der Waals surface area contributed by atoms with Crippen molar-refractivity contribution in [1.29, 1.82) is 0 Å². The Morgan fingerprint density at radius 1 is 1.32 bits per heavy atom. The second-order valence-corrected chi connectivity index (χ2v) is 6.73. The number of nitrogens with zero attached hydrogens (tertiary/aromatic N) is 4. The molecule has 1 aliphatic rings. The van der Waals surface area contributed by atoms with Crippen molar-refractivity contribution in [3.05, 3.63) is 53.6 Å². The number of hydrogen-bond donors (Lipinski definition) is 1. The molecule has 0 aliphatic carbocycles. The van der Waals surface area contributed by atoms with Crippen LogP contribution in [0.4, 0.5) is 0 Å². The van der Waals surface area contributed by atoms with Crippen LogP contribution in [-0.4, -0.2) is 57.9 Å². The van der Waals surface area contributed by atoms with E-state index in [0.29, 0.717) is 24.5 Å². The van der Waals surface area contributed by atoms with Gasteiger partial charge in [-0.05, 0) is 36.8 Å². The van der Waals surface area contributed by atoms with Gasteiger partial charge in [-0.15, -0.1) is 0 Å². The van der Waals surface area contributed by atoms with Gasteiger partial charge in [0.15, 0.2) is 0 Å². The first-order valence-electron chi connectivity index (χ1n) is 8.69. The third-order valence-electron chi connectivity index (χ3n) is 4.47. The molecule has 0 saturated carbocycles. The smallest absolute Gasteiger partial charge is 0.269 e. The maximum atomic E-state index is 12.1. The lowest BCUT2D eigenvalue weighted by molar-refractivity contribution is -0.139. The van der Waals surface area contributed by atoms with Crippen LogP contribution in [0.2, 0.25) is 5.15 Å². The molecule has 2 aromatic rings. The van der Waals surface area contributed by atoms with Crippen molar-refractivity contribution in [2.45, 2.75) is 19.1 Å². The number of morpholine rings is 1. The Balaban J connectivity index is 1.93. The summed E-state index contributed by atoms with van der Waals surface area (Å²) in [5.74, 6) is -0.471. The summed E-state index contributed by atoms with van der Waals surface area (Å²) in [5, 5.41) is 2.78. The van der Waals surface area contributed by atoms with E-state index in [4.69, 9.17) is 16.3 Å². The number of pyridine rings is 1. The van der Waals surface area contributed by atoms with Crippen LogP contribution in [0.25, 0.3) is 11.4 Å². The minimum atomic E-state index is -0.361. The SMILES string of the molecule is C=CC(=O)N1C[C@@H](c2cc(Cl)nc(-c3cc(C(=O)NC)ncn3)c2)OC[C@@H]1C. The second-order valence-electron chi connectivity index (χ2n) is 6.34. The number of aromatic nitrogens is 3. The molecule has 1 aliphatic heterocycles. The summed E-state index contributed by atoms with van der Waals surface area (Å²) in [5.41, 5.74) is 1.93. The number of ether oxygens (including phenoxy) is 1. The first-order valence-corrected chi connectivity index (χ1v) is 9.07. The molecular formula is C19H20ClN5O3. The van der Waals surface area contributed by atoms with Gasteiger partial charge in [-0.2, -0.15) is 0 Å². The van der Waals surface area contributed by atoms with E-state index in [0.717, 1.165) is 5.56 Å². The molecule has 1 saturated heterocycles. The van der Waals surface area contributed by atoms with Gasteiger partial charge in [0.05, 0.1) is 30.6 Å². The molecule has 28 heavy (non-hydrogen) atoms. The van der Waals surface area contributed by atoms with Gasteiger partial charge < -0.3 is 15.0 Å². The lowest BCUT2D eigenvalue weighted by Crippen LogP contribution is -2.47. The number of carbonyl (C=O) groups is 2. The Hall–Kier alpha value is -2.84. The Kier molecular flexibility index (Phi) is 6.01. The zero-order valence-corrected chi connectivity index (χ0v) is 16.3. The van der Waals surface area contributed by atoms with Crippen LogP contribution < -0.4 is 5.32 Å². The summed E-state index contributed by atoms with van der Waals surface area (Å²) in [7, 11) is 1.53. The van der Waals surface area contributed by atoms with Crippen molar-refractivity contribution in [3.8, 4) is 11.4 Å². The molecule has 3 heterocycles. The Morgan fingerprint density at radius 2 is 2.11 bits per heavy atom. The Morgan fingerprint density at radius 3 is 2.82 bits per heavy atom. The van der Waals surface area contributed by atoms with Gasteiger partial charge in [-0.25, -0.2) is 15.0 Å². The van der Waals surface area contributed by atoms with Crippen LogP contribution in [0.1, 0.15) is 29.1 Å².